The normalized spacial score (nSPS) is 18.8. The number of ether oxygens (including phenoxy) is 2. The number of carbonyl (C=O) groups excluding carboxylic acids is 1. The van der Waals surface area contributed by atoms with Gasteiger partial charge in [0.05, 0.1) is 25.4 Å². The largest absolute Gasteiger partial charge is 0.394 e. The van der Waals surface area contributed by atoms with Crippen LogP contribution in [0.25, 0.3) is 0 Å². The molecule has 9 heteroatoms. The predicted molar refractivity (Wildman–Crippen MR) is 382 cm³/mol. The third kappa shape index (κ3) is 55.4. The van der Waals surface area contributed by atoms with Gasteiger partial charge in [0.2, 0.25) is 5.91 Å². The third-order valence-corrected chi connectivity index (χ3v) is 16.4. The van der Waals surface area contributed by atoms with E-state index >= 15 is 0 Å². The van der Waals surface area contributed by atoms with E-state index in [1.165, 1.54) is 161 Å². The minimum atomic E-state index is -1.59. The van der Waals surface area contributed by atoms with Crippen LogP contribution in [0.4, 0.5) is 0 Å². The molecule has 0 aromatic rings. The van der Waals surface area contributed by atoms with Gasteiger partial charge < -0.3 is 40.3 Å². The highest BCUT2D eigenvalue weighted by atomic mass is 16.7. The number of carbonyl (C=O) groups is 1. The van der Waals surface area contributed by atoms with Crippen molar-refractivity contribution in [1.29, 1.82) is 0 Å². The molecule has 7 unspecified atom stereocenters. The fourth-order valence-corrected chi connectivity index (χ4v) is 10.7. The average Bonchev–Trinajstić information content (AvgIpc) is 2.28. The molecule has 1 aliphatic heterocycles. The maximum absolute atomic E-state index is 13.1. The van der Waals surface area contributed by atoms with Gasteiger partial charge in [-0.2, -0.15) is 0 Å². The van der Waals surface area contributed by atoms with Crippen LogP contribution < -0.4 is 5.32 Å². The standard InChI is InChI=1S/C80H135NO8/c1-3-5-7-9-11-13-15-17-19-21-23-25-27-29-31-33-35-36-37-38-40-42-44-46-48-50-52-54-56-58-60-62-64-66-68-70-76(84)81-73(72-88-80-79(87)78(86)77(85)75(71-82)89-80)74(83)69-67-65-63-61-59-57-55-53-51-49-47-45-43-41-39-34-32-30-28-26-24-22-20-18-16-14-12-10-8-6-4-2/h5,7,11,13,17,19,23,25,29,31,35-36,38,40,44,46,50,52,56,58-59,61,67,69,73-75,77-80,82-83,85-87H,3-4,6,8-10,12,14-16,18,20-22,24,26-28,30,32-34,37,39,41-43,45,47-49,51,53-55,57,60,62-66,68,70-72H2,1-2H3,(H,81,84)/b7-5-,13-11-,19-17-,25-23-,31-29-,36-35-,40-38-,46-44-,52-50-,58-56-,61-59+,69-67+. The minimum Gasteiger partial charge on any atom is -0.394 e. The Kier molecular flexibility index (Phi) is 62.5. The first kappa shape index (κ1) is 83.1. The molecule has 0 spiro atoms. The number of rotatable bonds is 62. The lowest BCUT2D eigenvalue weighted by Gasteiger charge is -2.40. The molecule has 1 heterocycles. The van der Waals surface area contributed by atoms with E-state index in [-0.39, 0.29) is 12.5 Å². The summed E-state index contributed by atoms with van der Waals surface area (Å²) in [5.74, 6) is -0.214. The molecule has 508 valence electrons. The van der Waals surface area contributed by atoms with Gasteiger partial charge in [0, 0.05) is 6.42 Å². The van der Waals surface area contributed by atoms with Crippen molar-refractivity contribution in [2.75, 3.05) is 13.2 Å². The highest BCUT2D eigenvalue weighted by Gasteiger charge is 2.44. The maximum Gasteiger partial charge on any atom is 0.220 e. The van der Waals surface area contributed by atoms with E-state index in [0.29, 0.717) is 12.8 Å². The Morgan fingerprint density at radius 3 is 1.08 bits per heavy atom. The zero-order chi connectivity index (χ0) is 64.2. The van der Waals surface area contributed by atoms with Gasteiger partial charge in [-0.1, -0.05) is 327 Å². The van der Waals surface area contributed by atoms with Crippen LogP contribution >= 0.6 is 0 Å². The molecule has 1 fully saturated rings. The second-order valence-corrected chi connectivity index (χ2v) is 24.6. The SMILES string of the molecule is CC/C=C\C/C=C\C/C=C\C/C=C\C/C=C\C/C=C\C/C=C\C/C=C\C/C=C\C/C=C\CCCCCCC(=O)NC(COC1OC(CO)C(O)C(O)C1O)C(O)/C=C/CC/C=C/CCCCCCCCCCCCCCCCCCCCCCCCCCC. The number of hydrogen-bond donors (Lipinski definition) is 6. The number of amides is 1. The third-order valence-electron chi connectivity index (χ3n) is 16.4. The summed E-state index contributed by atoms with van der Waals surface area (Å²) in [6.07, 6.45) is 96.7. The van der Waals surface area contributed by atoms with Crippen molar-refractivity contribution < 1.29 is 39.8 Å². The van der Waals surface area contributed by atoms with Gasteiger partial charge in [0.1, 0.15) is 24.4 Å². The molecule has 9 nitrogen and oxygen atoms in total. The summed E-state index contributed by atoms with van der Waals surface area (Å²) < 4.78 is 11.3. The first-order valence-electron chi connectivity index (χ1n) is 36.6. The Balaban J connectivity index is 2.20. The number of aliphatic hydroxyl groups is 5. The van der Waals surface area contributed by atoms with Crippen LogP contribution in [0.5, 0.6) is 0 Å². The van der Waals surface area contributed by atoms with Gasteiger partial charge >= 0.3 is 0 Å². The lowest BCUT2D eigenvalue weighted by Crippen LogP contribution is -2.60. The van der Waals surface area contributed by atoms with Crippen LogP contribution in [-0.4, -0.2) is 87.5 Å². The summed E-state index contributed by atoms with van der Waals surface area (Å²) in [5, 5.41) is 54.8. The highest BCUT2D eigenvalue weighted by Crippen LogP contribution is 2.23. The Morgan fingerprint density at radius 1 is 0.393 bits per heavy atom. The molecule has 6 N–H and O–H groups in total. The van der Waals surface area contributed by atoms with E-state index < -0.39 is 49.5 Å². The monoisotopic (exact) mass is 1240 g/mol. The number of hydrogen-bond acceptors (Lipinski definition) is 8. The average molecular weight is 1240 g/mol. The minimum absolute atomic E-state index is 0.214. The van der Waals surface area contributed by atoms with Crippen LogP contribution in [0.2, 0.25) is 0 Å². The summed E-state index contributed by atoms with van der Waals surface area (Å²) in [7, 11) is 0. The summed E-state index contributed by atoms with van der Waals surface area (Å²) in [6, 6.07) is -0.849. The summed E-state index contributed by atoms with van der Waals surface area (Å²) >= 11 is 0. The summed E-state index contributed by atoms with van der Waals surface area (Å²) in [5.41, 5.74) is 0. The van der Waals surface area contributed by atoms with Gasteiger partial charge in [-0.05, 0) is 109 Å². The molecule has 0 bridgehead atoms. The maximum atomic E-state index is 13.1. The van der Waals surface area contributed by atoms with Gasteiger partial charge in [0.15, 0.2) is 6.29 Å². The number of nitrogens with one attached hydrogen (secondary N) is 1. The van der Waals surface area contributed by atoms with Crippen molar-refractivity contribution >= 4 is 5.91 Å². The summed E-state index contributed by atoms with van der Waals surface area (Å²) in [4.78, 5) is 13.1. The van der Waals surface area contributed by atoms with Crippen molar-refractivity contribution in [3.05, 3.63) is 146 Å². The van der Waals surface area contributed by atoms with Crippen LogP contribution in [0, 0.1) is 0 Å². The summed E-state index contributed by atoms with van der Waals surface area (Å²) in [6.45, 7) is 3.65. The Bertz CT molecular complexity index is 1920. The first-order valence-corrected chi connectivity index (χ1v) is 36.6. The van der Waals surface area contributed by atoms with E-state index in [4.69, 9.17) is 9.47 Å². The Hall–Kier alpha value is -3.93. The van der Waals surface area contributed by atoms with E-state index in [9.17, 15) is 30.3 Å². The molecule has 1 amide bonds. The smallest absolute Gasteiger partial charge is 0.220 e. The highest BCUT2D eigenvalue weighted by molar-refractivity contribution is 5.76. The zero-order valence-electron chi connectivity index (χ0n) is 56.9. The molecule has 0 aromatic heterocycles. The Morgan fingerprint density at radius 2 is 0.708 bits per heavy atom. The van der Waals surface area contributed by atoms with Gasteiger partial charge in [-0.3, -0.25) is 4.79 Å². The first-order chi connectivity index (χ1) is 43.8. The molecular weight excluding hydrogens is 1100 g/mol. The fraction of sp³-hybridized carbons (Fsp3) is 0.688. The number of aliphatic hydroxyl groups excluding tert-OH is 5. The van der Waals surface area contributed by atoms with E-state index in [0.717, 1.165) is 109 Å². The molecular formula is C80H135NO8. The number of allylic oxidation sites excluding steroid dienone is 23. The molecule has 1 rings (SSSR count). The van der Waals surface area contributed by atoms with Crippen molar-refractivity contribution in [3.8, 4) is 0 Å². The van der Waals surface area contributed by atoms with Crippen molar-refractivity contribution in [2.24, 2.45) is 0 Å². The van der Waals surface area contributed by atoms with E-state index in [1.807, 2.05) is 6.08 Å². The number of unbranched alkanes of at least 4 members (excludes halogenated alkanes) is 30. The van der Waals surface area contributed by atoms with E-state index in [2.05, 4.69) is 153 Å². The molecule has 0 saturated carbocycles. The van der Waals surface area contributed by atoms with Crippen molar-refractivity contribution in [3.63, 3.8) is 0 Å². The second kappa shape index (κ2) is 67.0. The molecule has 1 aliphatic rings. The van der Waals surface area contributed by atoms with E-state index in [1.54, 1.807) is 6.08 Å². The molecule has 0 aliphatic carbocycles. The quantitative estimate of drug-likeness (QED) is 0.0261. The lowest BCUT2D eigenvalue weighted by atomic mass is 9.99. The van der Waals surface area contributed by atoms with Crippen LogP contribution in [0.15, 0.2) is 146 Å². The van der Waals surface area contributed by atoms with Crippen LogP contribution in [-0.2, 0) is 14.3 Å². The molecule has 89 heavy (non-hydrogen) atoms. The van der Waals surface area contributed by atoms with Gasteiger partial charge in [-0.15, -0.1) is 0 Å². The predicted octanol–water partition coefficient (Wildman–Crippen LogP) is 20.5. The van der Waals surface area contributed by atoms with Crippen molar-refractivity contribution in [1.82, 2.24) is 5.32 Å². The molecule has 0 aromatic carbocycles. The second-order valence-electron chi connectivity index (χ2n) is 24.6. The molecule has 7 atom stereocenters. The topological polar surface area (TPSA) is 149 Å². The zero-order valence-corrected chi connectivity index (χ0v) is 56.9. The fourth-order valence-electron chi connectivity index (χ4n) is 10.7. The lowest BCUT2D eigenvalue weighted by molar-refractivity contribution is -0.302. The molecule has 0 radical (unpaired) electrons. The molecule has 1 saturated heterocycles. The van der Waals surface area contributed by atoms with Crippen LogP contribution in [0.3, 0.4) is 0 Å². The Labute approximate surface area is 546 Å². The van der Waals surface area contributed by atoms with Gasteiger partial charge in [0.25, 0.3) is 0 Å². The van der Waals surface area contributed by atoms with Crippen LogP contribution in [0.1, 0.15) is 296 Å². The van der Waals surface area contributed by atoms with Gasteiger partial charge in [-0.25, -0.2) is 0 Å². The van der Waals surface area contributed by atoms with Crippen molar-refractivity contribution in [2.45, 2.75) is 339 Å².